The number of rotatable bonds is 4. The van der Waals surface area contributed by atoms with Gasteiger partial charge in [0, 0.05) is 11.4 Å². The molecule has 2 aromatic rings. The molecular weight excluding hydrogens is 312 g/mol. The molecule has 0 aliphatic heterocycles. The molecule has 1 aliphatic rings. The number of carbonyl (C=O) groups is 2. The Balaban J connectivity index is 1.65. The summed E-state index contributed by atoms with van der Waals surface area (Å²) in [5.74, 6) is -0.689. The number of hydrogen-bond donors (Lipinski definition) is 3. The number of aliphatic hydroxyl groups excluding tert-OH is 1. The summed E-state index contributed by atoms with van der Waals surface area (Å²) in [5.41, 5.74) is 1.23. The second-order valence-corrected chi connectivity index (χ2v) is 6.55. The fourth-order valence-electron chi connectivity index (χ4n) is 2.76. The Morgan fingerprint density at radius 2 is 1.87 bits per heavy atom. The van der Waals surface area contributed by atoms with E-state index in [-0.39, 0.29) is 17.7 Å². The Labute approximate surface area is 138 Å². The summed E-state index contributed by atoms with van der Waals surface area (Å²) in [6, 6.07) is 10.6. The zero-order valence-corrected chi connectivity index (χ0v) is 13.3. The van der Waals surface area contributed by atoms with E-state index in [9.17, 15) is 14.7 Å². The predicted molar refractivity (Wildman–Crippen MR) is 90.7 cm³/mol. The molecule has 0 spiro atoms. The van der Waals surface area contributed by atoms with E-state index in [4.69, 9.17) is 0 Å². The average Bonchev–Trinajstić information content (AvgIpc) is 3.18. The third-order valence-corrected chi connectivity index (χ3v) is 4.82. The van der Waals surface area contributed by atoms with Crippen LogP contribution in [0.2, 0.25) is 0 Å². The molecule has 23 heavy (non-hydrogen) atoms. The van der Waals surface area contributed by atoms with Gasteiger partial charge in [-0.2, -0.15) is 0 Å². The van der Waals surface area contributed by atoms with Crippen LogP contribution in [-0.2, 0) is 4.79 Å². The van der Waals surface area contributed by atoms with Crippen LogP contribution in [0.1, 0.15) is 28.9 Å². The molecule has 1 heterocycles. The lowest BCUT2D eigenvalue weighted by Gasteiger charge is -2.15. The van der Waals surface area contributed by atoms with Crippen molar-refractivity contribution in [1.29, 1.82) is 0 Å². The van der Waals surface area contributed by atoms with Crippen LogP contribution in [0.3, 0.4) is 0 Å². The number of hydrogen-bond acceptors (Lipinski definition) is 4. The van der Waals surface area contributed by atoms with Crippen LogP contribution in [0.15, 0.2) is 41.8 Å². The molecule has 2 atom stereocenters. The smallest absolute Gasteiger partial charge is 0.265 e. The molecule has 3 rings (SSSR count). The van der Waals surface area contributed by atoms with Gasteiger partial charge in [0.1, 0.15) is 0 Å². The molecule has 0 radical (unpaired) electrons. The monoisotopic (exact) mass is 330 g/mol. The molecule has 2 unspecified atom stereocenters. The second kappa shape index (κ2) is 6.93. The van der Waals surface area contributed by atoms with Gasteiger partial charge in [0.15, 0.2) is 0 Å². The second-order valence-electron chi connectivity index (χ2n) is 5.61. The highest BCUT2D eigenvalue weighted by molar-refractivity contribution is 7.12. The van der Waals surface area contributed by atoms with Crippen molar-refractivity contribution in [3.05, 3.63) is 46.7 Å². The molecule has 5 nitrogen and oxygen atoms in total. The van der Waals surface area contributed by atoms with Crippen LogP contribution in [0, 0.1) is 5.92 Å². The van der Waals surface area contributed by atoms with Crippen molar-refractivity contribution in [2.75, 3.05) is 10.6 Å². The molecule has 1 aromatic carbocycles. The van der Waals surface area contributed by atoms with Crippen molar-refractivity contribution in [1.82, 2.24) is 0 Å². The maximum absolute atomic E-state index is 12.2. The maximum atomic E-state index is 12.2. The molecule has 1 saturated carbocycles. The molecule has 6 heteroatoms. The molecule has 2 amide bonds. The number of carbonyl (C=O) groups excluding carboxylic acids is 2. The number of anilines is 2. The quantitative estimate of drug-likeness (QED) is 0.806. The Hall–Kier alpha value is -2.18. The Kier molecular flexibility index (Phi) is 4.73. The van der Waals surface area contributed by atoms with Gasteiger partial charge in [-0.05, 0) is 48.9 Å². The van der Waals surface area contributed by atoms with Crippen LogP contribution in [-0.4, -0.2) is 23.0 Å². The Morgan fingerprint density at radius 3 is 2.52 bits per heavy atom. The van der Waals surface area contributed by atoms with Gasteiger partial charge in [-0.3, -0.25) is 9.59 Å². The van der Waals surface area contributed by atoms with Gasteiger partial charge < -0.3 is 15.7 Å². The van der Waals surface area contributed by atoms with E-state index in [1.165, 1.54) is 11.3 Å². The SMILES string of the molecule is O=C(Nc1cccc(NC(=O)C2CCCC2O)c1)c1cccs1. The summed E-state index contributed by atoms with van der Waals surface area (Å²) in [5, 5.41) is 17.3. The normalized spacial score (nSPS) is 20.2. The van der Waals surface area contributed by atoms with E-state index in [1.54, 1.807) is 30.3 Å². The number of benzene rings is 1. The van der Waals surface area contributed by atoms with Gasteiger partial charge in [0.05, 0.1) is 16.9 Å². The molecule has 1 aliphatic carbocycles. The average molecular weight is 330 g/mol. The third-order valence-electron chi connectivity index (χ3n) is 3.95. The highest BCUT2D eigenvalue weighted by Gasteiger charge is 2.31. The molecule has 120 valence electrons. The van der Waals surface area contributed by atoms with E-state index in [1.807, 2.05) is 11.4 Å². The predicted octanol–water partition coefficient (Wildman–Crippen LogP) is 3.10. The van der Waals surface area contributed by atoms with E-state index in [2.05, 4.69) is 10.6 Å². The number of thiophene rings is 1. The van der Waals surface area contributed by atoms with Crippen molar-refractivity contribution >= 4 is 34.5 Å². The van der Waals surface area contributed by atoms with Gasteiger partial charge in [-0.25, -0.2) is 0 Å². The first kappa shape index (κ1) is 15.7. The summed E-state index contributed by atoms with van der Waals surface area (Å²) >= 11 is 1.37. The summed E-state index contributed by atoms with van der Waals surface area (Å²) in [6.45, 7) is 0. The minimum Gasteiger partial charge on any atom is -0.392 e. The minimum atomic E-state index is -0.559. The van der Waals surface area contributed by atoms with Crippen molar-refractivity contribution in [3.8, 4) is 0 Å². The van der Waals surface area contributed by atoms with Crippen molar-refractivity contribution in [3.63, 3.8) is 0 Å². The third kappa shape index (κ3) is 3.78. The molecule has 1 fully saturated rings. The molecule has 3 N–H and O–H groups in total. The highest BCUT2D eigenvalue weighted by atomic mass is 32.1. The summed E-state index contributed by atoms with van der Waals surface area (Å²) in [6.07, 6.45) is 1.70. The van der Waals surface area contributed by atoms with Crippen molar-refractivity contribution in [2.45, 2.75) is 25.4 Å². The van der Waals surface area contributed by atoms with Gasteiger partial charge in [0.2, 0.25) is 5.91 Å². The van der Waals surface area contributed by atoms with E-state index in [0.29, 0.717) is 29.1 Å². The van der Waals surface area contributed by atoms with Gasteiger partial charge in [0.25, 0.3) is 5.91 Å². The van der Waals surface area contributed by atoms with Gasteiger partial charge in [-0.15, -0.1) is 11.3 Å². The van der Waals surface area contributed by atoms with Crippen molar-refractivity contribution in [2.24, 2.45) is 5.92 Å². The first-order valence-electron chi connectivity index (χ1n) is 7.57. The zero-order valence-electron chi connectivity index (χ0n) is 12.5. The topological polar surface area (TPSA) is 78.4 Å². The van der Waals surface area contributed by atoms with Crippen LogP contribution in [0.25, 0.3) is 0 Å². The summed E-state index contributed by atoms with van der Waals surface area (Å²) < 4.78 is 0. The lowest BCUT2D eigenvalue weighted by molar-refractivity contribution is -0.122. The first-order chi connectivity index (χ1) is 11.1. The lowest BCUT2D eigenvalue weighted by Crippen LogP contribution is -2.28. The zero-order chi connectivity index (χ0) is 16.2. The van der Waals surface area contributed by atoms with Crippen LogP contribution in [0.5, 0.6) is 0 Å². The lowest BCUT2D eigenvalue weighted by atomic mass is 10.1. The molecule has 1 aromatic heterocycles. The maximum Gasteiger partial charge on any atom is 0.265 e. The number of amides is 2. The minimum absolute atomic E-state index is 0.170. The van der Waals surface area contributed by atoms with E-state index in [0.717, 1.165) is 6.42 Å². The van der Waals surface area contributed by atoms with E-state index < -0.39 is 6.10 Å². The Morgan fingerprint density at radius 1 is 1.09 bits per heavy atom. The van der Waals surface area contributed by atoms with Crippen LogP contribution < -0.4 is 10.6 Å². The van der Waals surface area contributed by atoms with Crippen LogP contribution >= 0.6 is 11.3 Å². The summed E-state index contributed by atoms with van der Waals surface area (Å²) in [7, 11) is 0. The van der Waals surface area contributed by atoms with Gasteiger partial charge in [-0.1, -0.05) is 12.1 Å². The Bertz CT molecular complexity index is 700. The fourth-order valence-corrected chi connectivity index (χ4v) is 3.38. The van der Waals surface area contributed by atoms with Crippen molar-refractivity contribution < 1.29 is 14.7 Å². The largest absolute Gasteiger partial charge is 0.392 e. The first-order valence-corrected chi connectivity index (χ1v) is 8.45. The molecule has 0 bridgehead atoms. The highest BCUT2D eigenvalue weighted by Crippen LogP contribution is 2.27. The fraction of sp³-hybridized carbons (Fsp3) is 0.294. The number of nitrogens with one attached hydrogen (secondary N) is 2. The number of aliphatic hydroxyl groups is 1. The van der Waals surface area contributed by atoms with Crippen LogP contribution in [0.4, 0.5) is 11.4 Å². The van der Waals surface area contributed by atoms with E-state index >= 15 is 0 Å². The molecule has 0 saturated heterocycles. The molecular formula is C17H18N2O3S. The standard InChI is InChI=1S/C17H18N2O3S/c20-14-7-2-6-13(14)16(21)18-11-4-1-5-12(10-11)19-17(22)15-8-3-9-23-15/h1,3-5,8-10,13-14,20H,2,6-7H2,(H,18,21)(H,19,22). The summed E-state index contributed by atoms with van der Waals surface area (Å²) in [4.78, 5) is 24.9. The van der Waals surface area contributed by atoms with Gasteiger partial charge >= 0.3 is 0 Å².